The Kier molecular flexibility index (Phi) is 5.63. The molecule has 1 aromatic heterocycles. The van der Waals surface area contributed by atoms with Crippen LogP contribution in [0.25, 0.3) is 0 Å². The van der Waals surface area contributed by atoms with Gasteiger partial charge in [0.25, 0.3) is 5.91 Å². The third-order valence-corrected chi connectivity index (χ3v) is 3.82. The lowest BCUT2D eigenvalue weighted by Gasteiger charge is -2.17. The summed E-state index contributed by atoms with van der Waals surface area (Å²) in [6.45, 7) is 3.73. The molecule has 1 amide bonds. The number of amides is 1. The molecular weight excluding hydrogens is 310 g/mol. The number of hydrogen-bond acceptors (Lipinski definition) is 4. The van der Waals surface area contributed by atoms with Crippen molar-refractivity contribution in [3.05, 3.63) is 53.0 Å². The van der Waals surface area contributed by atoms with E-state index in [1.807, 2.05) is 31.2 Å². The third kappa shape index (κ3) is 3.76. The van der Waals surface area contributed by atoms with Crippen LogP contribution in [0, 0.1) is 0 Å². The van der Waals surface area contributed by atoms with Gasteiger partial charge in [-0.05, 0) is 24.1 Å². The van der Waals surface area contributed by atoms with Crippen LogP contribution < -0.4 is 10.1 Å². The zero-order valence-electron chi connectivity index (χ0n) is 14.0. The number of furan rings is 1. The van der Waals surface area contributed by atoms with E-state index in [2.05, 4.69) is 5.32 Å². The summed E-state index contributed by atoms with van der Waals surface area (Å²) in [6, 6.07) is 8.50. The first-order valence-corrected chi connectivity index (χ1v) is 7.80. The Labute approximate surface area is 140 Å². The Morgan fingerprint density at radius 2 is 1.92 bits per heavy atom. The number of carboxylic acids is 1. The molecular formula is C18H21NO5. The number of rotatable bonds is 7. The van der Waals surface area contributed by atoms with Crippen molar-refractivity contribution in [2.24, 2.45) is 0 Å². The summed E-state index contributed by atoms with van der Waals surface area (Å²) in [5.74, 6) is -0.484. The van der Waals surface area contributed by atoms with Crippen molar-refractivity contribution in [2.75, 3.05) is 7.11 Å². The zero-order valence-corrected chi connectivity index (χ0v) is 14.0. The molecule has 1 atom stereocenters. The molecule has 0 aliphatic carbocycles. The quantitative estimate of drug-likeness (QED) is 0.811. The van der Waals surface area contributed by atoms with Crippen molar-refractivity contribution in [2.45, 2.75) is 32.7 Å². The highest BCUT2D eigenvalue weighted by atomic mass is 16.5. The molecule has 128 valence electrons. The molecule has 1 heterocycles. The summed E-state index contributed by atoms with van der Waals surface area (Å²) >= 11 is 0. The highest BCUT2D eigenvalue weighted by Crippen LogP contribution is 2.22. The first-order chi connectivity index (χ1) is 11.5. The molecule has 0 spiro atoms. The monoisotopic (exact) mass is 331 g/mol. The van der Waals surface area contributed by atoms with E-state index in [-0.39, 0.29) is 17.4 Å². The Balaban J connectivity index is 2.18. The number of aromatic carboxylic acids is 1. The molecule has 0 aliphatic rings. The average molecular weight is 331 g/mol. The van der Waals surface area contributed by atoms with E-state index in [1.165, 1.54) is 6.07 Å². The van der Waals surface area contributed by atoms with Gasteiger partial charge in [-0.15, -0.1) is 0 Å². The second kappa shape index (κ2) is 7.68. The van der Waals surface area contributed by atoms with E-state index in [1.54, 1.807) is 14.0 Å². The van der Waals surface area contributed by atoms with Gasteiger partial charge in [0.2, 0.25) is 0 Å². The number of ether oxygens (including phenoxy) is 1. The molecule has 0 saturated heterocycles. The molecule has 1 unspecified atom stereocenters. The topological polar surface area (TPSA) is 88.8 Å². The predicted molar refractivity (Wildman–Crippen MR) is 88.5 cm³/mol. The average Bonchev–Trinajstić information content (AvgIpc) is 3.04. The number of carboxylic acid groups (broad SMARTS) is 1. The molecule has 2 rings (SSSR count). The van der Waals surface area contributed by atoms with Crippen molar-refractivity contribution in [1.29, 1.82) is 0 Å². The minimum absolute atomic E-state index is 0.0104. The van der Waals surface area contributed by atoms with Crippen molar-refractivity contribution < 1.29 is 23.8 Å². The van der Waals surface area contributed by atoms with Gasteiger partial charge in [-0.2, -0.15) is 0 Å². The maximum absolute atomic E-state index is 12.4. The molecule has 1 aromatic carbocycles. The molecule has 0 saturated carbocycles. The highest BCUT2D eigenvalue weighted by Gasteiger charge is 2.22. The van der Waals surface area contributed by atoms with E-state index >= 15 is 0 Å². The minimum atomic E-state index is -1.10. The van der Waals surface area contributed by atoms with Crippen LogP contribution in [0.15, 0.2) is 34.7 Å². The summed E-state index contributed by atoms with van der Waals surface area (Å²) in [7, 11) is 1.59. The van der Waals surface area contributed by atoms with Crippen molar-refractivity contribution >= 4 is 11.9 Å². The van der Waals surface area contributed by atoms with E-state index < -0.39 is 11.9 Å². The van der Waals surface area contributed by atoms with Crippen LogP contribution in [0.1, 0.15) is 58.5 Å². The van der Waals surface area contributed by atoms with Crippen LogP contribution in [0.4, 0.5) is 0 Å². The highest BCUT2D eigenvalue weighted by molar-refractivity contribution is 5.96. The number of benzene rings is 1. The molecule has 2 aromatic rings. The Bertz CT molecular complexity index is 718. The smallest absolute Gasteiger partial charge is 0.339 e. The van der Waals surface area contributed by atoms with Gasteiger partial charge in [-0.1, -0.05) is 26.0 Å². The summed E-state index contributed by atoms with van der Waals surface area (Å²) in [5, 5.41) is 12.0. The lowest BCUT2D eigenvalue weighted by Crippen LogP contribution is -2.27. The van der Waals surface area contributed by atoms with Gasteiger partial charge in [0, 0.05) is 12.5 Å². The number of carbonyl (C=O) groups excluding carboxylic acids is 1. The fraction of sp³-hybridized carbons (Fsp3) is 0.333. The van der Waals surface area contributed by atoms with Crippen molar-refractivity contribution in [3.63, 3.8) is 0 Å². The van der Waals surface area contributed by atoms with E-state index in [9.17, 15) is 9.59 Å². The number of hydrogen-bond donors (Lipinski definition) is 2. The normalized spacial score (nSPS) is 11.8. The molecule has 2 N–H and O–H groups in total. The second-order valence-corrected chi connectivity index (χ2v) is 5.31. The zero-order chi connectivity index (χ0) is 17.7. The first kappa shape index (κ1) is 17.6. The summed E-state index contributed by atoms with van der Waals surface area (Å²) < 4.78 is 10.5. The van der Waals surface area contributed by atoms with Gasteiger partial charge in [0.15, 0.2) is 5.76 Å². The molecule has 0 radical (unpaired) electrons. The third-order valence-electron chi connectivity index (χ3n) is 3.82. The molecule has 24 heavy (non-hydrogen) atoms. The predicted octanol–water partition coefficient (Wildman–Crippen LogP) is 3.43. The van der Waals surface area contributed by atoms with Crippen LogP contribution in [-0.4, -0.2) is 24.1 Å². The van der Waals surface area contributed by atoms with Gasteiger partial charge in [0.1, 0.15) is 17.1 Å². The number of nitrogens with one attached hydrogen (secondary N) is 1. The lowest BCUT2D eigenvalue weighted by molar-refractivity contribution is 0.0694. The number of aryl methyl sites for hydroxylation is 1. The van der Waals surface area contributed by atoms with Crippen molar-refractivity contribution in [1.82, 2.24) is 5.32 Å². The lowest BCUT2D eigenvalue weighted by atomic mass is 10.0. The van der Waals surface area contributed by atoms with Crippen LogP contribution >= 0.6 is 0 Å². The summed E-state index contributed by atoms with van der Waals surface area (Å²) in [4.78, 5) is 23.6. The SMILES string of the molecule is CCc1oc(C(=O)NC(CC)c2ccc(OC)cc2)cc1C(=O)O. The maximum Gasteiger partial charge on any atom is 0.339 e. The van der Waals surface area contributed by atoms with Gasteiger partial charge in [-0.3, -0.25) is 4.79 Å². The molecule has 0 aliphatic heterocycles. The summed E-state index contributed by atoms with van der Waals surface area (Å²) in [6.07, 6.45) is 1.09. The number of methoxy groups -OCH3 is 1. The standard InChI is InChI=1S/C18H21NO5/c1-4-14(11-6-8-12(23-3)9-7-11)19-17(20)16-10-13(18(21)22)15(5-2)24-16/h6-10,14H,4-5H2,1-3H3,(H,19,20)(H,21,22). The van der Waals surface area contributed by atoms with Gasteiger partial charge < -0.3 is 19.6 Å². The van der Waals surface area contributed by atoms with Crippen LogP contribution in [0.3, 0.4) is 0 Å². The maximum atomic E-state index is 12.4. The van der Waals surface area contributed by atoms with E-state index in [4.69, 9.17) is 14.3 Å². The minimum Gasteiger partial charge on any atom is -0.497 e. The largest absolute Gasteiger partial charge is 0.497 e. The van der Waals surface area contributed by atoms with Gasteiger partial charge >= 0.3 is 5.97 Å². The van der Waals surface area contributed by atoms with Crippen LogP contribution in [-0.2, 0) is 6.42 Å². The van der Waals surface area contributed by atoms with Crippen LogP contribution in [0.5, 0.6) is 5.75 Å². The van der Waals surface area contributed by atoms with Gasteiger partial charge in [-0.25, -0.2) is 4.79 Å². The fourth-order valence-electron chi connectivity index (χ4n) is 2.47. The fourth-order valence-corrected chi connectivity index (χ4v) is 2.47. The van der Waals surface area contributed by atoms with Crippen molar-refractivity contribution in [3.8, 4) is 5.75 Å². The first-order valence-electron chi connectivity index (χ1n) is 7.80. The van der Waals surface area contributed by atoms with Crippen LogP contribution in [0.2, 0.25) is 0 Å². The van der Waals surface area contributed by atoms with E-state index in [0.29, 0.717) is 18.6 Å². The molecule has 0 bridgehead atoms. The Hall–Kier alpha value is -2.76. The molecule has 0 fully saturated rings. The second-order valence-electron chi connectivity index (χ2n) is 5.31. The Morgan fingerprint density at radius 3 is 2.38 bits per heavy atom. The molecule has 6 nitrogen and oxygen atoms in total. The molecule has 6 heteroatoms. The summed E-state index contributed by atoms with van der Waals surface area (Å²) in [5.41, 5.74) is 0.965. The van der Waals surface area contributed by atoms with E-state index in [0.717, 1.165) is 11.3 Å². The Morgan fingerprint density at radius 1 is 1.25 bits per heavy atom. The van der Waals surface area contributed by atoms with Gasteiger partial charge in [0.05, 0.1) is 13.2 Å². The number of carbonyl (C=O) groups is 2.